The van der Waals surface area contributed by atoms with E-state index in [1.807, 2.05) is 0 Å². The van der Waals surface area contributed by atoms with Crippen LogP contribution in [-0.2, 0) is 9.36 Å². The maximum absolute atomic E-state index is 10.2. The molecule has 46 valence electrons. The summed E-state index contributed by atoms with van der Waals surface area (Å²) in [5.41, 5.74) is -0.815. The van der Waals surface area contributed by atoms with Crippen molar-refractivity contribution in [2.24, 2.45) is 0 Å². The van der Waals surface area contributed by atoms with Gasteiger partial charge in [0.05, 0.1) is 0 Å². The van der Waals surface area contributed by atoms with Crippen LogP contribution in [-0.4, -0.2) is 11.4 Å². The lowest BCUT2D eigenvalue weighted by atomic mass is 10.3. The monoisotopic (exact) mass is 134 g/mol. The predicted molar refractivity (Wildman–Crippen MR) is 27.7 cm³/mol. The van der Waals surface area contributed by atoms with Crippen LogP contribution in [0.1, 0.15) is 13.8 Å². The minimum atomic E-state index is -2.55. The number of carbonyl (C=O) groups excluding carboxylic acids is 1. The van der Waals surface area contributed by atoms with Crippen molar-refractivity contribution >= 4 is 13.8 Å². The number of rotatable bonds is 2. The number of hydrogen-bond acceptors (Lipinski definition) is 3. The molecule has 0 amide bonds. The fourth-order valence-electron chi connectivity index (χ4n) is 0.148. The predicted octanol–water partition coefficient (Wildman–Crippen LogP) is 0.0666. The van der Waals surface area contributed by atoms with Gasteiger partial charge in [-0.05, 0) is 13.8 Å². The average molecular weight is 134 g/mol. The molecule has 0 fully saturated rings. The molecule has 0 aliphatic heterocycles. The standard InChI is InChI=1S/C4H7O3P/c1-3(5)4(2)8(6)7/h4H,1-2H3. The minimum absolute atomic E-state index is 0.305. The molecule has 0 rings (SSSR count). The molecule has 0 radical (unpaired) electrons. The first-order valence-corrected chi connectivity index (χ1v) is 3.44. The molecule has 0 saturated carbocycles. The quantitative estimate of drug-likeness (QED) is 0.502. The van der Waals surface area contributed by atoms with Crippen LogP contribution in [0.25, 0.3) is 0 Å². The van der Waals surface area contributed by atoms with E-state index in [9.17, 15) is 14.3 Å². The third kappa shape index (κ3) is 2.15. The first kappa shape index (κ1) is 7.73. The molecule has 3 nitrogen and oxygen atoms in total. The van der Waals surface area contributed by atoms with Gasteiger partial charge < -0.3 is 4.89 Å². The summed E-state index contributed by atoms with van der Waals surface area (Å²) in [4.78, 5) is 20.2. The molecule has 0 spiro atoms. The molecule has 0 N–H and O–H groups in total. The van der Waals surface area contributed by atoms with E-state index in [1.165, 1.54) is 13.8 Å². The van der Waals surface area contributed by atoms with Crippen LogP contribution >= 0.6 is 8.03 Å². The summed E-state index contributed by atoms with van der Waals surface area (Å²) in [5, 5.41) is 0. The van der Waals surface area contributed by atoms with Gasteiger partial charge in [-0.1, -0.05) is 4.57 Å². The summed E-state index contributed by atoms with van der Waals surface area (Å²) in [6, 6.07) is 0. The second kappa shape index (κ2) is 2.90. The van der Waals surface area contributed by atoms with Gasteiger partial charge in [0.1, 0.15) is 0 Å². The maximum Gasteiger partial charge on any atom is 0.319 e. The van der Waals surface area contributed by atoms with E-state index in [2.05, 4.69) is 0 Å². The Balaban J connectivity index is 3.83. The largest absolute Gasteiger partial charge is 0.595 e. The second-order valence-corrected chi connectivity index (χ2v) is 2.92. The molecule has 0 aliphatic rings. The molecule has 0 aliphatic carbocycles. The van der Waals surface area contributed by atoms with Crippen LogP contribution in [0.5, 0.6) is 0 Å². The molecule has 0 aromatic rings. The van der Waals surface area contributed by atoms with Gasteiger partial charge >= 0.3 is 8.03 Å². The minimum Gasteiger partial charge on any atom is -0.595 e. The lowest BCUT2D eigenvalue weighted by molar-refractivity contribution is -0.166. The Labute approximate surface area is 48.6 Å². The van der Waals surface area contributed by atoms with E-state index in [0.717, 1.165) is 0 Å². The van der Waals surface area contributed by atoms with Crippen LogP contribution in [0.15, 0.2) is 0 Å². The first-order valence-electron chi connectivity index (χ1n) is 2.19. The van der Waals surface area contributed by atoms with Crippen molar-refractivity contribution in [3.05, 3.63) is 0 Å². The molecule has 0 bridgehead atoms. The average Bonchev–Trinajstić information content (AvgIpc) is 1.64. The summed E-state index contributed by atoms with van der Waals surface area (Å²) in [6.07, 6.45) is 0. The van der Waals surface area contributed by atoms with Gasteiger partial charge in [0.2, 0.25) is 5.66 Å². The Morgan fingerprint density at radius 2 is 2.12 bits per heavy atom. The molecule has 0 heterocycles. The number of hydrogen-bond donors (Lipinski definition) is 0. The van der Waals surface area contributed by atoms with Crippen LogP contribution in [0.2, 0.25) is 0 Å². The molecule has 4 heteroatoms. The van der Waals surface area contributed by atoms with Gasteiger partial charge in [-0.15, -0.1) is 0 Å². The van der Waals surface area contributed by atoms with E-state index >= 15 is 0 Å². The van der Waals surface area contributed by atoms with Crippen LogP contribution < -0.4 is 4.89 Å². The highest BCUT2D eigenvalue weighted by Gasteiger charge is 2.19. The van der Waals surface area contributed by atoms with Gasteiger partial charge in [0, 0.05) is 0 Å². The van der Waals surface area contributed by atoms with Crippen LogP contribution in [0, 0.1) is 0 Å². The lowest BCUT2D eigenvalue weighted by Gasteiger charge is -1.92. The fourth-order valence-corrected chi connectivity index (χ4v) is 0.445. The lowest BCUT2D eigenvalue weighted by Crippen LogP contribution is -2.12. The summed E-state index contributed by atoms with van der Waals surface area (Å²) < 4.78 is 9.96. The summed E-state index contributed by atoms with van der Waals surface area (Å²) in [5.74, 6) is -0.305. The van der Waals surface area contributed by atoms with Crippen LogP contribution in [0.4, 0.5) is 0 Å². The van der Waals surface area contributed by atoms with Gasteiger partial charge in [0.25, 0.3) is 0 Å². The van der Waals surface area contributed by atoms with E-state index in [1.54, 1.807) is 0 Å². The number of ketones is 1. The third-order valence-electron chi connectivity index (χ3n) is 0.905. The summed E-state index contributed by atoms with van der Waals surface area (Å²) >= 11 is 0. The molecular formula is C4H7O3P. The van der Waals surface area contributed by atoms with E-state index in [4.69, 9.17) is 0 Å². The van der Waals surface area contributed by atoms with Gasteiger partial charge in [-0.25, -0.2) is 0 Å². The Bertz CT molecular complexity index is 106. The molecule has 2 unspecified atom stereocenters. The van der Waals surface area contributed by atoms with Crippen molar-refractivity contribution in [1.82, 2.24) is 0 Å². The highest BCUT2D eigenvalue weighted by molar-refractivity contribution is 7.38. The zero-order chi connectivity index (χ0) is 6.73. The molecule has 0 aromatic carbocycles. The van der Waals surface area contributed by atoms with Gasteiger partial charge in [-0.3, -0.25) is 4.79 Å². The van der Waals surface area contributed by atoms with Crippen molar-refractivity contribution in [3.63, 3.8) is 0 Å². The highest BCUT2D eigenvalue weighted by Crippen LogP contribution is 2.16. The molecule has 0 aromatic heterocycles. The molecule has 8 heavy (non-hydrogen) atoms. The second-order valence-electron chi connectivity index (χ2n) is 1.57. The van der Waals surface area contributed by atoms with Crippen molar-refractivity contribution in [3.8, 4) is 0 Å². The highest BCUT2D eigenvalue weighted by atomic mass is 31.1. The number of Topliss-reactive ketones (excluding diaryl/α,β-unsaturated/α-hetero) is 1. The van der Waals surface area contributed by atoms with Crippen molar-refractivity contribution in [2.45, 2.75) is 19.5 Å². The molecule has 0 saturated heterocycles. The Kier molecular flexibility index (Phi) is 2.80. The molecular weight excluding hydrogens is 127 g/mol. The smallest absolute Gasteiger partial charge is 0.319 e. The van der Waals surface area contributed by atoms with Gasteiger partial charge in [0.15, 0.2) is 5.78 Å². The van der Waals surface area contributed by atoms with E-state index in [0.29, 0.717) is 0 Å². The SMILES string of the molecule is CC(=O)C(C)[P+](=O)[O-]. The Morgan fingerprint density at radius 3 is 2.12 bits per heavy atom. The van der Waals surface area contributed by atoms with Crippen molar-refractivity contribution in [2.75, 3.05) is 0 Å². The zero-order valence-electron chi connectivity index (χ0n) is 4.75. The zero-order valence-corrected chi connectivity index (χ0v) is 5.64. The maximum atomic E-state index is 10.2. The summed E-state index contributed by atoms with van der Waals surface area (Å²) in [7, 11) is -2.55. The first-order chi connectivity index (χ1) is 3.55. The van der Waals surface area contributed by atoms with Crippen LogP contribution in [0.3, 0.4) is 0 Å². The normalized spacial score (nSPS) is 15.1. The van der Waals surface area contributed by atoms with Crippen molar-refractivity contribution < 1.29 is 14.3 Å². The van der Waals surface area contributed by atoms with E-state index in [-0.39, 0.29) is 5.78 Å². The van der Waals surface area contributed by atoms with Crippen molar-refractivity contribution in [1.29, 1.82) is 0 Å². The third-order valence-corrected chi connectivity index (χ3v) is 1.90. The molecule has 2 atom stereocenters. The fraction of sp³-hybridized carbons (Fsp3) is 0.750. The van der Waals surface area contributed by atoms with Gasteiger partial charge in [-0.2, -0.15) is 0 Å². The summed E-state index contributed by atoms with van der Waals surface area (Å²) in [6.45, 7) is 2.63. The Morgan fingerprint density at radius 1 is 1.75 bits per heavy atom. The van der Waals surface area contributed by atoms with E-state index < -0.39 is 13.7 Å². The Hall–Kier alpha value is -0.270. The number of carbonyl (C=O) groups is 1. The topological polar surface area (TPSA) is 57.2 Å².